The number of rotatable bonds is 21. The van der Waals surface area contributed by atoms with Gasteiger partial charge in [-0.3, -0.25) is 0 Å². The fourth-order valence-electron chi connectivity index (χ4n) is 3.14. The van der Waals surface area contributed by atoms with Gasteiger partial charge in [-0.2, -0.15) is 0 Å². The molecular formula is C22H45NO7. The lowest BCUT2D eigenvalue weighted by Crippen LogP contribution is -2.42. The van der Waals surface area contributed by atoms with E-state index in [0.29, 0.717) is 91.4 Å². The number of hydrogen-bond donors (Lipinski definition) is 0. The van der Waals surface area contributed by atoms with Crippen LogP contribution in [0, 0.1) is 0 Å². The molecule has 0 radical (unpaired) electrons. The number of nitrogens with zero attached hydrogens (tertiary/aromatic N) is 1. The standard InChI is InChI=1S/C22H45NO7/c1-4-21(2)23-7-5-22(6-8-23)30-20-19-29-18-17-28-16-15-27-14-13-26-12-11-25-10-9-24-3/h21-22H,4-20H2,1-3H3. The molecular weight excluding hydrogens is 390 g/mol. The van der Waals surface area contributed by atoms with Gasteiger partial charge in [0.1, 0.15) is 0 Å². The molecule has 0 amide bonds. The summed E-state index contributed by atoms with van der Waals surface area (Å²) in [4.78, 5) is 2.56. The van der Waals surface area contributed by atoms with Gasteiger partial charge in [-0.25, -0.2) is 0 Å². The molecule has 30 heavy (non-hydrogen) atoms. The van der Waals surface area contributed by atoms with Gasteiger partial charge in [-0.15, -0.1) is 0 Å². The Balaban J connectivity index is 1.72. The number of methoxy groups -OCH3 is 1. The van der Waals surface area contributed by atoms with Gasteiger partial charge in [-0.1, -0.05) is 6.92 Å². The Kier molecular flexibility index (Phi) is 19.0. The second kappa shape index (κ2) is 20.6. The second-order valence-electron chi connectivity index (χ2n) is 7.42. The summed E-state index contributed by atoms with van der Waals surface area (Å²) in [6.45, 7) is 13.9. The molecule has 1 rings (SSSR count). The maximum atomic E-state index is 5.93. The van der Waals surface area contributed by atoms with Crippen molar-refractivity contribution in [2.24, 2.45) is 0 Å². The van der Waals surface area contributed by atoms with E-state index in [1.165, 1.54) is 6.42 Å². The first-order chi connectivity index (χ1) is 14.8. The van der Waals surface area contributed by atoms with Crippen LogP contribution in [0.25, 0.3) is 0 Å². The highest BCUT2D eigenvalue weighted by molar-refractivity contribution is 4.75. The minimum atomic E-state index is 0.384. The molecule has 0 bridgehead atoms. The zero-order chi connectivity index (χ0) is 21.7. The number of hydrogen-bond acceptors (Lipinski definition) is 8. The summed E-state index contributed by atoms with van der Waals surface area (Å²) in [7, 11) is 1.66. The van der Waals surface area contributed by atoms with Crippen molar-refractivity contribution in [1.82, 2.24) is 4.90 Å². The van der Waals surface area contributed by atoms with Crippen LogP contribution in [0.1, 0.15) is 33.1 Å². The monoisotopic (exact) mass is 435 g/mol. The van der Waals surface area contributed by atoms with Crippen molar-refractivity contribution in [1.29, 1.82) is 0 Å². The van der Waals surface area contributed by atoms with Crippen molar-refractivity contribution in [3.05, 3.63) is 0 Å². The quantitative estimate of drug-likeness (QED) is 0.254. The summed E-state index contributed by atoms with van der Waals surface area (Å²) in [5.41, 5.74) is 0. The third-order valence-corrected chi connectivity index (χ3v) is 5.19. The van der Waals surface area contributed by atoms with Gasteiger partial charge in [0.2, 0.25) is 0 Å². The highest BCUT2D eigenvalue weighted by atomic mass is 16.6. The van der Waals surface area contributed by atoms with E-state index >= 15 is 0 Å². The van der Waals surface area contributed by atoms with Crippen molar-refractivity contribution in [2.75, 3.05) is 99.5 Å². The van der Waals surface area contributed by atoms with Crippen LogP contribution in [0.3, 0.4) is 0 Å². The van der Waals surface area contributed by atoms with Crippen LogP contribution in [-0.2, 0) is 33.2 Å². The summed E-state index contributed by atoms with van der Waals surface area (Å²) in [5.74, 6) is 0. The van der Waals surface area contributed by atoms with Crippen molar-refractivity contribution >= 4 is 0 Å². The topological polar surface area (TPSA) is 67.9 Å². The molecule has 0 aromatic heterocycles. The molecule has 1 saturated heterocycles. The predicted molar refractivity (Wildman–Crippen MR) is 116 cm³/mol. The van der Waals surface area contributed by atoms with Crippen LogP contribution in [-0.4, -0.2) is 117 Å². The molecule has 1 aliphatic rings. The Bertz CT molecular complexity index is 354. The molecule has 1 atom stereocenters. The first kappa shape index (κ1) is 27.7. The molecule has 180 valence electrons. The summed E-state index contributed by atoms with van der Waals surface area (Å²) in [6, 6.07) is 0.685. The smallest absolute Gasteiger partial charge is 0.0704 e. The minimum Gasteiger partial charge on any atom is -0.382 e. The molecule has 0 aromatic carbocycles. The Hall–Kier alpha value is -0.320. The van der Waals surface area contributed by atoms with Gasteiger partial charge < -0.3 is 38.1 Å². The van der Waals surface area contributed by atoms with Crippen molar-refractivity contribution in [3.63, 3.8) is 0 Å². The second-order valence-corrected chi connectivity index (χ2v) is 7.42. The molecule has 8 nitrogen and oxygen atoms in total. The SMILES string of the molecule is CCC(C)N1CCC(OCCOCCOCCOCCOCCOCCOC)CC1. The first-order valence-corrected chi connectivity index (χ1v) is 11.5. The van der Waals surface area contributed by atoms with Crippen LogP contribution in [0.2, 0.25) is 0 Å². The van der Waals surface area contributed by atoms with Crippen LogP contribution in [0.15, 0.2) is 0 Å². The van der Waals surface area contributed by atoms with E-state index in [9.17, 15) is 0 Å². The average molecular weight is 436 g/mol. The van der Waals surface area contributed by atoms with Crippen molar-refractivity contribution < 1.29 is 33.2 Å². The maximum absolute atomic E-state index is 5.93. The van der Waals surface area contributed by atoms with Gasteiger partial charge >= 0.3 is 0 Å². The summed E-state index contributed by atoms with van der Waals surface area (Å²) >= 11 is 0. The molecule has 0 aromatic rings. The largest absolute Gasteiger partial charge is 0.382 e. The molecule has 0 N–H and O–H groups in total. The number of likely N-dealkylation sites (tertiary alicyclic amines) is 1. The van der Waals surface area contributed by atoms with E-state index in [1.807, 2.05) is 0 Å². The Labute approximate surface area is 183 Å². The molecule has 0 spiro atoms. The molecule has 1 unspecified atom stereocenters. The maximum Gasteiger partial charge on any atom is 0.0704 e. The Morgan fingerprint density at radius 3 is 1.47 bits per heavy atom. The van der Waals surface area contributed by atoms with E-state index in [1.54, 1.807) is 7.11 Å². The fraction of sp³-hybridized carbons (Fsp3) is 1.00. The lowest BCUT2D eigenvalue weighted by atomic mass is 10.1. The van der Waals surface area contributed by atoms with Gasteiger partial charge in [0.15, 0.2) is 0 Å². The van der Waals surface area contributed by atoms with Crippen LogP contribution < -0.4 is 0 Å². The van der Waals surface area contributed by atoms with E-state index in [4.69, 9.17) is 33.2 Å². The summed E-state index contributed by atoms with van der Waals surface area (Å²) in [6.07, 6.45) is 3.85. The zero-order valence-corrected chi connectivity index (χ0v) is 19.5. The van der Waals surface area contributed by atoms with Gasteiger partial charge in [0.05, 0.1) is 85.4 Å². The van der Waals surface area contributed by atoms with E-state index < -0.39 is 0 Å². The van der Waals surface area contributed by atoms with Gasteiger partial charge in [0.25, 0.3) is 0 Å². The first-order valence-electron chi connectivity index (χ1n) is 11.5. The van der Waals surface area contributed by atoms with Crippen molar-refractivity contribution in [3.8, 4) is 0 Å². The normalized spacial score (nSPS) is 16.9. The molecule has 0 aliphatic carbocycles. The third kappa shape index (κ3) is 15.5. The third-order valence-electron chi connectivity index (χ3n) is 5.19. The summed E-state index contributed by atoms with van der Waals surface area (Å²) in [5, 5.41) is 0. The van der Waals surface area contributed by atoms with Crippen LogP contribution >= 0.6 is 0 Å². The van der Waals surface area contributed by atoms with E-state index in [-0.39, 0.29) is 0 Å². The molecule has 1 aliphatic heterocycles. The fourth-order valence-corrected chi connectivity index (χ4v) is 3.14. The Morgan fingerprint density at radius 1 is 0.667 bits per heavy atom. The van der Waals surface area contributed by atoms with Gasteiger partial charge in [-0.05, 0) is 26.2 Å². The number of ether oxygens (including phenoxy) is 7. The molecule has 1 heterocycles. The zero-order valence-electron chi connectivity index (χ0n) is 19.5. The lowest BCUT2D eigenvalue weighted by Gasteiger charge is -2.35. The minimum absolute atomic E-state index is 0.384. The molecule has 1 fully saturated rings. The number of piperidine rings is 1. The highest BCUT2D eigenvalue weighted by Gasteiger charge is 2.21. The van der Waals surface area contributed by atoms with Crippen molar-refractivity contribution in [2.45, 2.75) is 45.3 Å². The Morgan fingerprint density at radius 2 is 1.07 bits per heavy atom. The van der Waals surface area contributed by atoms with Crippen LogP contribution in [0.4, 0.5) is 0 Å². The summed E-state index contributed by atoms with van der Waals surface area (Å²) < 4.78 is 38.0. The molecule has 8 heteroatoms. The van der Waals surface area contributed by atoms with Gasteiger partial charge in [0, 0.05) is 26.2 Å². The van der Waals surface area contributed by atoms with E-state index in [2.05, 4.69) is 18.7 Å². The highest BCUT2D eigenvalue weighted by Crippen LogP contribution is 2.16. The van der Waals surface area contributed by atoms with E-state index in [0.717, 1.165) is 25.9 Å². The lowest BCUT2D eigenvalue weighted by molar-refractivity contribution is -0.0399. The molecule has 0 saturated carbocycles. The van der Waals surface area contributed by atoms with Crippen LogP contribution in [0.5, 0.6) is 0 Å². The predicted octanol–water partition coefficient (Wildman–Crippen LogP) is 2.00. The average Bonchev–Trinajstić information content (AvgIpc) is 2.78.